The molecule has 1 aliphatic heterocycles. The number of carbonyl (C=O) groups is 2. The summed E-state index contributed by atoms with van der Waals surface area (Å²) in [7, 11) is 1.63. The number of benzene rings is 2. The van der Waals surface area contributed by atoms with Crippen LogP contribution in [0.2, 0.25) is 0 Å². The fourth-order valence-electron chi connectivity index (χ4n) is 4.31. The number of hydrogen-bond acceptors (Lipinski definition) is 4. The van der Waals surface area contributed by atoms with Gasteiger partial charge in [0.25, 0.3) is 0 Å². The average Bonchev–Trinajstić information content (AvgIpc) is 3.26. The third-order valence-electron chi connectivity index (χ3n) is 6.08. The zero-order valence-corrected chi connectivity index (χ0v) is 17.4. The number of nitrogens with one attached hydrogen (secondary N) is 3. The quantitative estimate of drug-likeness (QED) is 0.688. The van der Waals surface area contributed by atoms with Crippen LogP contribution in [0.3, 0.4) is 0 Å². The van der Waals surface area contributed by atoms with Crippen molar-refractivity contribution in [2.24, 2.45) is 11.8 Å². The highest BCUT2D eigenvalue weighted by Crippen LogP contribution is 2.26. The smallest absolute Gasteiger partial charge is 0.228 e. The first-order chi connectivity index (χ1) is 14.6. The lowest BCUT2D eigenvalue weighted by atomic mass is 9.89. The van der Waals surface area contributed by atoms with Gasteiger partial charge in [-0.1, -0.05) is 18.2 Å². The van der Waals surface area contributed by atoms with Gasteiger partial charge < -0.3 is 20.7 Å². The van der Waals surface area contributed by atoms with Gasteiger partial charge in [-0.2, -0.15) is 0 Å². The number of ether oxygens (including phenoxy) is 1. The van der Waals surface area contributed by atoms with Crippen molar-refractivity contribution < 1.29 is 14.3 Å². The molecule has 0 saturated carbocycles. The molecule has 1 aliphatic carbocycles. The topological polar surface area (TPSA) is 79.5 Å². The van der Waals surface area contributed by atoms with E-state index in [4.69, 9.17) is 4.74 Å². The third-order valence-corrected chi connectivity index (χ3v) is 6.08. The lowest BCUT2D eigenvalue weighted by molar-refractivity contribution is -0.127. The maximum atomic E-state index is 12.8. The SMILES string of the molecule is COc1ccc(CNC(=O)[C@@H]2CNC[C@H](C(=O)Nc3ccc4c(c3)CCC4)C2)cc1. The number of anilines is 1. The highest BCUT2D eigenvalue weighted by atomic mass is 16.5. The maximum absolute atomic E-state index is 12.8. The van der Waals surface area contributed by atoms with Crippen molar-refractivity contribution in [3.05, 3.63) is 59.2 Å². The number of aryl methyl sites for hydroxylation is 2. The van der Waals surface area contributed by atoms with Gasteiger partial charge in [0, 0.05) is 25.3 Å². The summed E-state index contributed by atoms with van der Waals surface area (Å²) in [6.45, 7) is 1.65. The fraction of sp³-hybridized carbons (Fsp3) is 0.417. The molecule has 6 heteroatoms. The molecule has 0 aromatic heterocycles. The first-order valence-corrected chi connectivity index (χ1v) is 10.7. The average molecular weight is 408 g/mol. The number of carbonyl (C=O) groups excluding carboxylic acids is 2. The summed E-state index contributed by atoms with van der Waals surface area (Å²) in [6.07, 6.45) is 3.95. The minimum absolute atomic E-state index is 0.0200. The second kappa shape index (κ2) is 9.30. The Labute approximate surface area is 177 Å². The van der Waals surface area contributed by atoms with Crippen molar-refractivity contribution in [3.8, 4) is 5.75 Å². The molecule has 2 aromatic rings. The largest absolute Gasteiger partial charge is 0.497 e. The van der Waals surface area contributed by atoms with Crippen molar-refractivity contribution in [2.45, 2.75) is 32.2 Å². The molecular weight excluding hydrogens is 378 g/mol. The molecule has 6 nitrogen and oxygen atoms in total. The van der Waals surface area contributed by atoms with Crippen LogP contribution in [0.4, 0.5) is 5.69 Å². The Kier molecular flexibility index (Phi) is 6.33. The molecule has 158 valence electrons. The molecule has 2 amide bonds. The zero-order chi connectivity index (χ0) is 20.9. The van der Waals surface area contributed by atoms with Crippen LogP contribution in [0.25, 0.3) is 0 Å². The standard InChI is InChI=1S/C24H29N3O3/c1-30-22-9-5-16(6-10-22)13-26-23(28)19-11-20(15-25-14-19)24(29)27-21-8-7-17-3-2-4-18(17)12-21/h5-10,12,19-20,25H,2-4,11,13-15H2,1H3,(H,26,28)(H,27,29)/t19-,20+/m0/s1. The van der Waals surface area contributed by atoms with E-state index in [2.05, 4.69) is 28.1 Å². The van der Waals surface area contributed by atoms with Crippen molar-refractivity contribution in [3.63, 3.8) is 0 Å². The number of hydrogen-bond donors (Lipinski definition) is 3. The number of fused-ring (bicyclic) bond motifs is 1. The summed E-state index contributed by atoms with van der Waals surface area (Å²) in [6, 6.07) is 13.8. The summed E-state index contributed by atoms with van der Waals surface area (Å²) >= 11 is 0. The molecule has 2 aliphatic rings. The number of rotatable bonds is 6. The molecule has 3 N–H and O–H groups in total. The molecule has 0 bridgehead atoms. The second-order valence-electron chi connectivity index (χ2n) is 8.18. The lowest BCUT2D eigenvalue weighted by Gasteiger charge is -2.28. The lowest BCUT2D eigenvalue weighted by Crippen LogP contribution is -2.47. The van der Waals surface area contributed by atoms with Crippen molar-refractivity contribution >= 4 is 17.5 Å². The highest BCUT2D eigenvalue weighted by molar-refractivity contribution is 5.93. The molecule has 0 radical (unpaired) electrons. The Hall–Kier alpha value is -2.86. The monoisotopic (exact) mass is 407 g/mol. The van der Waals surface area contributed by atoms with Crippen LogP contribution < -0.4 is 20.7 Å². The molecule has 1 heterocycles. The minimum Gasteiger partial charge on any atom is -0.497 e. The van der Waals surface area contributed by atoms with Gasteiger partial charge in [-0.3, -0.25) is 9.59 Å². The van der Waals surface area contributed by atoms with Gasteiger partial charge in [0.05, 0.1) is 18.9 Å². The van der Waals surface area contributed by atoms with Crippen LogP contribution in [0.5, 0.6) is 5.75 Å². The summed E-state index contributed by atoms with van der Waals surface area (Å²) in [4.78, 5) is 25.4. The molecule has 1 fully saturated rings. The van der Waals surface area contributed by atoms with Crippen LogP contribution in [0.15, 0.2) is 42.5 Å². The Bertz CT molecular complexity index is 910. The number of methoxy groups -OCH3 is 1. The third kappa shape index (κ3) is 4.82. The van der Waals surface area contributed by atoms with Gasteiger partial charge in [-0.05, 0) is 66.6 Å². The van der Waals surface area contributed by atoms with Gasteiger partial charge in [0.1, 0.15) is 5.75 Å². The van der Waals surface area contributed by atoms with E-state index in [0.717, 1.165) is 29.8 Å². The summed E-state index contributed by atoms with van der Waals surface area (Å²) in [5.74, 6) is 0.316. The van der Waals surface area contributed by atoms with E-state index in [1.165, 1.54) is 17.5 Å². The highest BCUT2D eigenvalue weighted by Gasteiger charge is 2.31. The predicted molar refractivity (Wildman–Crippen MR) is 116 cm³/mol. The van der Waals surface area contributed by atoms with E-state index in [0.29, 0.717) is 26.1 Å². The maximum Gasteiger partial charge on any atom is 0.228 e. The minimum atomic E-state index is -0.219. The molecule has 0 spiro atoms. The molecular formula is C24H29N3O3. The molecule has 2 atom stereocenters. The van der Waals surface area contributed by atoms with Crippen molar-refractivity contribution in [1.82, 2.24) is 10.6 Å². The van der Waals surface area contributed by atoms with Crippen LogP contribution in [0.1, 0.15) is 29.5 Å². The van der Waals surface area contributed by atoms with Gasteiger partial charge in [0.15, 0.2) is 0 Å². The summed E-state index contributed by atoms with van der Waals surface area (Å²) in [5, 5.41) is 9.29. The van der Waals surface area contributed by atoms with Crippen LogP contribution in [0, 0.1) is 11.8 Å². The van der Waals surface area contributed by atoms with Crippen LogP contribution in [-0.4, -0.2) is 32.0 Å². The first-order valence-electron chi connectivity index (χ1n) is 10.7. The van der Waals surface area contributed by atoms with Crippen LogP contribution >= 0.6 is 0 Å². The Morgan fingerprint density at radius 1 is 1.00 bits per heavy atom. The van der Waals surface area contributed by atoms with E-state index in [1.807, 2.05) is 30.3 Å². The van der Waals surface area contributed by atoms with E-state index in [-0.39, 0.29) is 23.7 Å². The summed E-state index contributed by atoms with van der Waals surface area (Å²) < 4.78 is 5.15. The molecule has 0 unspecified atom stereocenters. The fourth-order valence-corrected chi connectivity index (χ4v) is 4.31. The Morgan fingerprint density at radius 2 is 1.73 bits per heavy atom. The summed E-state index contributed by atoms with van der Waals surface area (Å²) in [5.41, 5.74) is 4.59. The number of amides is 2. The molecule has 1 saturated heterocycles. The van der Waals surface area contributed by atoms with Crippen molar-refractivity contribution in [2.75, 3.05) is 25.5 Å². The van der Waals surface area contributed by atoms with E-state index >= 15 is 0 Å². The van der Waals surface area contributed by atoms with Gasteiger partial charge in [-0.15, -0.1) is 0 Å². The normalized spacial score (nSPS) is 20.3. The first kappa shape index (κ1) is 20.4. The van der Waals surface area contributed by atoms with Gasteiger partial charge in [-0.25, -0.2) is 0 Å². The van der Waals surface area contributed by atoms with Crippen LogP contribution in [-0.2, 0) is 29.0 Å². The van der Waals surface area contributed by atoms with E-state index in [9.17, 15) is 9.59 Å². The molecule has 4 rings (SSSR count). The van der Waals surface area contributed by atoms with Gasteiger partial charge in [0.2, 0.25) is 11.8 Å². The zero-order valence-electron chi connectivity index (χ0n) is 17.4. The molecule has 30 heavy (non-hydrogen) atoms. The van der Waals surface area contributed by atoms with Crippen molar-refractivity contribution in [1.29, 1.82) is 0 Å². The molecule has 2 aromatic carbocycles. The Morgan fingerprint density at radius 3 is 2.50 bits per heavy atom. The number of piperidine rings is 1. The van der Waals surface area contributed by atoms with E-state index < -0.39 is 0 Å². The van der Waals surface area contributed by atoms with Gasteiger partial charge >= 0.3 is 0 Å². The van der Waals surface area contributed by atoms with E-state index in [1.54, 1.807) is 7.11 Å². The predicted octanol–water partition coefficient (Wildman–Crippen LogP) is 2.66. The Balaban J connectivity index is 1.29. The second-order valence-corrected chi connectivity index (χ2v) is 8.18.